The van der Waals surface area contributed by atoms with Crippen LogP contribution in [0.25, 0.3) is 0 Å². The number of ether oxygens (including phenoxy) is 2. The maximum absolute atomic E-state index is 13.2. The van der Waals surface area contributed by atoms with E-state index >= 15 is 0 Å². The minimum atomic E-state index is -0.278. The normalized spacial score (nSPS) is 29.5. The second-order valence-electron chi connectivity index (χ2n) is 6.64. The predicted molar refractivity (Wildman–Crippen MR) is 79.8 cm³/mol. The summed E-state index contributed by atoms with van der Waals surface area (Å²) in [7, 11) is 0. The fourth-order valence-electron chi connectivity index (χ4n) is 4.03. The van der Waals surface area contributed by atoms with Crippen molar-refractivity contribution in [3.05, 3.63) is 18.0 Å². The first-order chi connectivity index (χ1) is 10.8. The summed E-state index contributed by atoms with van der Waals surface area (Å²) in [5.41, 5.74) is 0.445. The zero-order valence-corrected chi connectivity index (χ0v) is 12.9. The van der Waals surface area contributed by atoms with Gasteiger partial charge in [0, 0.05) is 19.3 Å². The molecule has 1 unspecified atom stereocenters. The van der Waals surface area contributed by atoms with Crippen LogP contribution in [0.15, 0.2) is 12.3 Å². The second kappa shape index (κ2) is 5.66. The minimum absolute atomic E-state index is 0.0817. The Morgan fingerprint density at radius 2 is 2.00 bits per heavy atom. The average Bonchev–Trinajstić information content (AvgIpc) is 3.28. The van der Waals surface area contributed by atoms with Crippen molar-refractivity contribution in [3.63, 3.8) is 0 Å². The van der Waals surface area contributed by atoms with Crippen LogP contribution in [0.4, 0.5) is 0 Å². The summed E-state index contributed by atoms with van der Waals surface area (Å²) in [5, 5.41) is 4.44. The number of hydrogen-bond donors (Lipinski definition) is 0. The standard InChI is InChI=1S/C16H23N3O3/c20-15(14-5-7-17-19(14)13-3-1-2-4-13)18-8-10-22-12-16(18)6-9-21-11-16/h5,7,13H,1-4,6,8-12H2. The van der Waals surface area contributed by atoms with Gasteiger partial charge in [0.2, 0.25) is 0 Å². The first-order valence-corrected chi connectivity index (χ1v) is 8.31. The highest BCUT2D eigenvalue weighted by Crippen LogP contribution is 2.33. The summed E-state index contributed by atoms with van der Waals surface area (Å²) in [6, 6.07) is 2.24. The Hall–Kier alpha value is -1.40. The van der Waals surface area contributed by atoms with Crippen LogP contribution in [-0.4, -0.2) is 59.1 Å². The molecule has 1 amide bonds. The third kappa shape index (κ3) is 2.25. The number of nitrogens with zero attached hydrogens (tertiary/aromatic N) is 3. The molecule has 0 N–H and O–H groups in total. The van der Waals surface area contributed by atoms with E-state index in [1.807, 2.05) is 15.6 Å². The zero-order valence-electron chi connectivity index (χ0n) is 12.9. The van der Waals surface area contributed by atoms with Crippen molar-refractivity contribution in [2.45, 2.75) is 43.7 Å². The first kappa shape index (κ1) is 14.2. The van der Waals surface area contributed by atoms with Crippen LogP contribution in [0.3, 0.4) is 0 Å². The molecule has 3 fully saturated rings. The van der Waals surface area contributed by atoms with Crippen LogP contribution in [0.1, 0.15) is 48.6 Å². The minimum Gasteiger partial charge on any atom is -0.379 e. The van der Waals surface area contributed by atoms with Gasteiger partial charge in [0.25, 0.3) is 5.91 Å². The molecule has 1 spiro atoms. The maximum Gasteiger partial charge on any atom is 0.272 e. The summed E-state index contributed by atoms with van der Waals surface area (Å²) < 4.78 is 13.2. The molecule has 6 nitrogen and oxygen atoms in total. The summed E-state index contributed by atoms with van der Waals surface area (Å²) in [4.78, 5) is 15.1. The Bertz CT molecular complexity index is 545. The van der Waals surface area contributed by atoms with Crippen molar-refractivity contribution >= 4 is 5.91 Å². The molecule has 22 heavy (non-hydrogen) atoms. The van der Waals surface area contributed by atoms with E-state index in [-0.39, 0.29) is 11.4 Å². The number of amides is 1. The number of rotatable bonds is 2. The molecule has 0 bridgehead atoms. The Balaban J connectivity index is 1.62. The van der Waals surface area contributed by atoms with Crippen LogP contribution in [0.2, 0.25) is 0 Å². The lowest BCUT2D eigenvalue weighted by atomic mass is 9.95. The largest absolute Gasteiger partial charge is 0.379 e. The zero-order chi connectivity index (χ0) is 15.0. The number of hydrogen-bond acceptors (Lipinski definition) is 4. The molecule has 1 aromatic heterocycles. The molecule has 1 aromatic rings. The van der Waals surface area contributed by atoms with E-state index < -0.39 is 0 Å². The van der Waals surface area contributed by atoms with E-state index in [1.54, 1.807) is 6.20 Å². The van der Waals surface area contributed by atoms with Crippen LogP contribution < -0.4 is 0 Å². The molecule has 4 rings (SSSR count). The number of carbonyl (C=O) groups excluding carboxylic acids is 1. The summed E-state index contributed by atoms with van der Waals surface area (Å²) in [5.74, 6) is 0.0817. The summed E-state index contributed by atoms with van der Waals surface area (Å²) >= 11 is 0. The summed E-state index contributed by atoms with van der Waals surface area (Å²) in [6.45, 7) is 3.10. The Morgan fingerprint density at radius 3 is 2.77 bits per heavy atom. The average molecular weight is 305 g/mol. The fourth-order valence-corrected chi connectivity index (χ4v) is 4.03. The highest BCUT2D eigenvalue weighted by Gasteiger charge is 2.46. The van der Waals surface area contributed by atoms with Gasteiger partial charge in [-0.05, 0) is 25.3 Å². The van der Waals surface area contributed by atoms with Crippen molar-refractivity contribution in [2.24, 2.45) is 0 Å². The van der Waals surface area contributed by atoms with Gasteiger partial charge in [-0.15, -0.1) is 0 Å². The Labute approximate surface area is 130 Å². The SMILES string of the molecule is O=C(c1ccnn1C1CCCC1)N1CCOCC12CCOC2. The van der Waals surface area contributed by atoms with Gasteiger partial charge in [-0.25, -0.2) is 0 Å². The highest BCUT2D eigenvalue weighted by molar-refractivity contribution is 5.93. The smallest absolute Gasteiger partial charge is 0.272 e. The van der Waals surface area contributed by atoms with Crippen molar-refractivity contribution in [2.75, 3.05) is 33.0 Å². The van der Waals surface area contributed by atoms with Gasteiger partial charge in [-0.2, -0.15) is 5.10 Å². The summed E-state index contributed by atoms with van der Waals surface area (Å²) in [6.07, 6.45) is 7.32. The van der Waals surface area contributed by atoms with E-state index in [0.717, 1.165) is 25.0 Å². The van der Waals surface area contributed by atoms with E-state index in [1.165, 1.54) is 12.8 Å². The molecule has 1 saturated carbocycles. The van der Waals surface area contributed by atoms with Gasteiger partial charge in [-0.3, -0.25) is 9.48 Å². The monoisotopic (exact) mass is 305 g/mol. The molecule has 120 valence electrons. The molecule has 1 aliphatic carbocycles. The van der Waals surface area contributed by atoms with Crippen molar-refractivity contribution in [1.82, 2.24) is 14.7 Å². The number of carbonyl (C=O) groups is 1. The molecule has 2 aliphatic heterocycles. The van der Waals surface area contributed by atoms with E-state index in [0.29, 0.717) is 39.0 Å². The Kier molecular flexibility index (Phi) is 3.66. The third-order valence-electron chi connectivity index (χ3n) is 5.29. The van der Waals surface area contributed by atoms with Gasteiger partial charge in [0.1, 0.15) is 5.69 Å². The van der Waals surface area contributed by atoms with Crippen LogP contribution in [0, 0.1) is 0 Å². The van der Waals surface area contributed by atoms with Gasteiger partial charge in [0.15, 0.2) is 0 Å². The molecule has 3 heterocycles. The van der Waals surface area contributed by atoms with Crippen molar-refractivity contribution in [1.29, 1.82) is 0 Å². The van der Waals surface area contributed by atoms with Crippen molar-refractivity contribution in [3.8, 4) is 0 Å². The highest BCUT2D eigenvalue weighted by atomic mass is 16.5. The van der Waals surface area contributed by atoms with Crippen LogP contribution >= 0.6 is 0 Å². The molecule has 6 heteroatoms. The van der Waals surface area contributed by atoms with Crippen LogP contribution in [0.5, 0.6) is 0 Å². The van der Waals surface area contributed by atoms with E-state index in [2.05, 4.69) is 5.10 Å². The molecule has 0 aromatic carbocycles. The lowest BCUT2D eigenvalue weighted by Gasteiger charge is -2.43. The van der Waals surface area contributed by atoms with E-state index in [4.69, 9.17) is 9.47 Å². The van der Waals surface area contributed by atoms with Gasteiger partial charge in [-0.1, -0.05) is 12.8 Å². The predicted octanol–water partition coefficient (Wildman–Crippen LogP) is 1.63. The molecule has 1 atom stereocenters. The third-order valence-corrected chi connectivity index (χ3v) is 5.29. The van der Waals surface area contributed by atoms with Gasteiger partial charge in [0.05, 0.1) is 31.4 Å². The molecular weight excluding hydrogens is 282 g/mol. The quantitative estimate of drug-likeness (QED) is 0.833. The molecule has 2 saturated heterocycles. The van der Waals surface area contributed by atoms with Gasteiger partial charge >= 0.3 is 0 Å². The van der Waals surface area contributed by atoms with Crippen LogP contribution in [-0.2, 0) is 9.47 Å². The lowest BCUT2D eigenvalue weighted by Crippen LogP contribution is -2.60. The topological polar surface area (TPSA) is 56.6 Å². The number of aromatic nitrogens is 2. The molecule has 3 aliphatic rings. The Morgan fingerprint density at radius 1 is 1.23 bits per heavy atom. The van der Waals surface area contributed by atoms with Gasteiger partial charge < -0.3 is 14.4 Å². The lowest BCUT2D eigenvalue weighted by molar-refractivity contribution is -0.0555. The molecule has 0 radical (unpaired) electrons. The number of morpholine rings is 1. The van der Waals surface area contributed by atoms with Crippen molar-refractivity contribution < 1.29 is 14.3 Å². The molecular formula is C16H23N3O3. The second-order valence-corrected chi connectivity index (χ2v) is 6.64. The maximum atomic E-state index is 13.2. The van der Waals surface area contributed by atoms with E-state index in [9.17, 15) is 4.79 Å². The first-order valence-electron chi connectivity index (χ1n) is 8.31. The fraction of sp³-hybridized carbons (Fsp3) is 0.750.